The van der Waals surface area contributed by atoms with Crippen molar-refractivity contribution in [1.29, 1.82) is 0 Å². The third kappa shape index (κ3) is 4.86. The molecule has 0 aliphatic carbocycles. The number of aromatic nitrogens is 2. The summed E-state index contributed by atoms with van der Waals surface area (Å²) in [7, 11) is 0. The molecular weight excluding hydrogens is 451 g/mol. The van der Waals surface area contributed by atoms with Gasteiger partial charge in [0.2, 0.25) is 11.3 Å². The molecule has 0 saturated heterocycles. The number of benzene rings is 1. The number of ether oxygens (including phenoxy) is 1. The molecule has 2 heterocycles. The second kappa shape index (κ2) is 9.49. The standard InChI is InChI=1S/C24H26ClFN2O5/c1-5-33-23(32)16-11-28(18(12-29)24(2,3)4)21-15(20(16)30)10-14(22(31)27-21)9-13-7-6-8-17(25)19(13)26/h6-8,10-11,18,29H,5,9,12H2,1-4H3,(H,27,31)/t18-/m1/s1. The molecule has 2 aromatic heterocycles. The van der Waals surface area contributed by atoms with E-state index in [9.17, 15) is 24.2 Å². The molecule has 3 rings (SSSR count). The van der Waals surface area contributed by atoms with Crippen LogP contribution in [0.1, 0.15) is 55.2 Å². The predicted octanol–water partition coefficient (Wildman–Crippen LogP) is 4.24. The Bertz CT molecular complexity index is 1270. The van der Waals surface area contributed by atoms with Gasteiger partial charge < -0.3 is 19.5 Å². The third-order valence-corrected chi connectivity index (χ3v) is 5.77. The Morgan fingerprint density at radius 3 is 2.61 bits per heavy atom. The average molecular weight is 477 g/mol. The topological polar surface area (TPSA) is 102 Å². The Morgan fingerprint density at radius 2 is 2.00 bits per heavy atom. The maximum atomic E-state index is 14.4. The van der Waals surface area contributed by atoms with Gasteiger partial charge in [0, 0.05) is 18.2 Å². The number of aliphatic hydroxyl groups is 1. The van der Waals surface area contributed by atoms with E-state index in [1.165, 1.54) is 29.0 Å². The van der Waals surface area contributed by atoms with Gasteiger partial charge in [0.15, 0.2) is 0 Å². The number of pyridine rings is 2. The molecule has 0 saturated carbocycles. The van der Waals surface area contributed by atoms with Gasteiger partial charge in [-0.15, -0.1) is 0 Å². The number of carbonyl (C=O) groups excluding carboxylic acids is 1. The molecule has 0 fully saturated rings. The lowest BCUT2D eigenvalue weighted by atomic mass is 9.86. The Kier molecular flexibility index (Phi) is 7.09. The van der Waals surface area contributed by atoms with Gasteiger partial charge in [0.05, 0.1) is 29.7 Å². The summed E-state index contributed by atoms with van der Waals surface area (Å²) in [5, 5.41) is 20.7. The van der Waals surface area contributed by atoms with Gasteiger partial charge >= 0.3 is 5.97 Å². The minimum absolute atomic E-state index is 0.0403. The SMILES string of the molecule is CCOC(=O)c1cn([C@H](CO)C(C)(C)C)c2nc(O)c(Cc3cccc(Cl)c3F)cc2c1=O. The zero-order valence-electron chi connectivity index (χ0n) is 18.9. The predicted molar refractivity (Wildman–Crippen MR) is 123 cm³/mol. The van der Waals surface area contributed by atoms with E-state index in [-0.39, 0.29) is 52.4 Å². The number of fused-ring (bicyclic) bond motifs is 1. The first-order valence-electron chi connectivity index (χ1n) is 10.5. The van der Waals surface area contributed by atoms with E-state index in [1.54, 1.807) is 13.0 Å². The molecule has 7 nitrogen and oxygen atoms in total. The molecule has 33 heavy (non-hydrogen) atoms. The van der Waals surface area contributed by atoms with Crippen molar-refractivity contribution >= 4 is 28.6 Å². The van der Waals surface area contributed by atoms with Crippen molar-refractivity contribution in [2.24, 2.45) is 5.41 Å². The molecule has 2 N–H and O–H groups in total. The van der Waals surface area contributed by atoms with Crippen molar-refractivity contribution in [3.05, 3.63) is 68.2 Å². The van der Waals surface area contributed by atoms with Gasteiger partial charge in [-0.3, -0.25) is 4.79 Å². The van der Waals surface area contributed by atoms with Crippen LogP contribution >= 0.6 is 11.6 Å². The summed E-state index contributed by atoms with van der Waals surface area (Å²) in [5.74, 6) is -1.84. The smallest absolute Gasteiger partial charge is 0.343 e. The fraction of sp³-hybridized carbons (Fsp3) is 0.375. The molecule has 0 amide bonds. The molecule has 176 valence electrons. The van der Waals surface area contributed by atoms with Crippen LogP contribution in [0.5, 0.6) is 5.88 Å². The summed E-state index contributed by atoms with van der Waals surface area (Å²) in [6.07, 6.45) is 1.23. The molecule has 3 aromatic rings. The maximum Gasteiger partial charge on any atom is 0.343 e. The van der Waals surface area contributed by atoms with Gasteiger partial charge in [0.25, 0.3) is 0 Å². The van der Waals surface area contributed by atoms with E-state index in [0.29, 0.717) is 0 Å². The number of hydrogen-bond acceptors (Lipinski definition) is 6. The van der Waals surface area contributed by atoms with E-state index < -0.39 is 34.6 Å². The van der Waals surface area contributed by atoms with E-state index in [2.05, 4.69) is 4.98 Å². The molecule has 0 spiro atoms. The van der Waals surface area contributed by atoms with E-state index in [0.717, 1.165) is 0 Å². The van der Waals surface area contributed by atoms with Crippen LogP contribution in [-0.4, -0.2) is 38.9 Å². The molecule has 9 heteroatoms. The largest absolute Gasteiger partial charge is 0.493 e. The van der Waals surface area contributed by atoms with Crippen molar-refractivity contribution in [3.63, 3.8) is 0 Å². The molecule has 0 unspecified atom stereocenters. The normalized spacial score (nSPS) is 12.7. The fourth-order valence-corrected chi connectivity index (χ4v) is 3.89. The number of hydrogen-bond donors (Lipinski definition) is 2. The van der Waals surface area contributed by atoms with Gasteiger partial charge in [-0.2, -0.15) is 4.98 Å². The lowest BCUT2D eigenvalue weighted by Crippen LogP contribution is -2.31. The number of carbonyl (C=O) groups is 1. The number of aliphatic hydroxyl groups excluding tert-OH is 1. The number of rotatable bonds is 6. The number of nitrogens with zero attached hydrogens (tertiary/aromatic N) is 2. The Labute approximate surface area is 195 Å². The average Bonchev–Trinajstić information content (AvgIpc) is 2.73. The first kappa shape index (κ1) is 24.7. The quantitative estimate of drug-likeness (QED) is 0.516. The Hall–Kier alpha value is -2.97. The number of esters is 1. The summed E-state index contributed by atoms with van der Waals surface area (Å²) in [4.78, 5) is 29.9. The van der Waals surface area contributed by atoms with Crippen LogP contribution in [0.15, 0.2) is 35.3 Å². The minimum Gasteiger partial charge on any atom is -0.493 e. The second-order valence-corrected chi connectivity index (χ2v) is 9.20. The highest BCUT2D eigenvalue weighted by Gasteiger charge is 2.29. The molecule has 1 aromatic carbocycles. The molecule has 0 radical (unpaired) electrons. The first-order chi connectivity index (χ1) is 15.5. The summed E-state index contributed by atoms with van der Waals surface area (Å²) in [6.45, 7) is 7.06. The Balaban J connectivity index is 2.30. The maximum absolute atomic E-state index is 14.4. The van der Waals surface area contributed by atoms with Crippen molar-refractivity contribution in [2.75, 3.05) is 13.2 Å². The van der Waals surface area contributed by atoms with Crippen molar-refractivity contribution in [3.8, 4) is 5.88 Å². The summed E-state index contributed by atoms with van der Waals surface area (Å²) in [5.41, 5.74) is -0.851. The van der Waals surface area contributed by atoms with Crippen LogP contribution in [0.4, 0.5) is 4.39 Å². The fourth-order valence-electron chi connectivity index (χ4n) is 3.69. The van der Waals surface area contributed by atoms with E-state index >= 15 is 0 Å². The highest BCUT2D eigenvalue weighted by atomic mass is 35.5. The monoisotopic (exact) mass is 476 g/mol. The van der Waals surface area contributed by atoms with Gasteiger partial charge in [-0.05, 0) is 30.0 Å². The van der Waals surface area contributed by atoms with Crippen LogP contribution in [0, 0.1) is 11.2 Å². The molecule has 0 aliphatic heterocycles. The van der Waals surface area contributed by atoms with Crippen molar-refractivity contribution in [1.82, 2.24) is 9.55 Å². The van der Waals surface area contributed by atoms with Crippen molar-refractivity contribution in [2.45, 2.75) is 40.2 Å². The summed E-state index contributed by atoms with van der Waals surface area (Å²) >= 11 is 5.86. The van der Waals surface area contributed by atoms with Crippen LogP contribution in [0.3, 0.4) is 0 Å². The van der Waals surface area contributed by atoms with Crippen LogP contribution < -0.4 is 5.43 Å². The third-order valence-electron chi connectivity index (χ3n) is 5.48. The van der Waals surface area contributed by atoms with E-state index in [4.69, 9.17) is 16.3 Å². The van der Waals surface area contributed by atoms with E-state index in [1.807, 2.05) is 20.8 Å². The van der Waals surface area contributed by atoms with Crippen LogP contribution in [-0.2, 0) is 11.2 Å². The number of aromatic hydroxyl groups is 1. The number of halogens is 2. The second-order valence-electron chi connectivity index (χ2n) is 8.80. The molecule has 0 bridgehead atoms. The first-order valence-corrected chi connectivity index (χ1v) is 10.9. The minimum atomic E-state index is -0.806. The Morgan fingerprint density at radius 1 is 1.30 bits per heavy atom. The van der Waals surface area contributed by atoms with Crippen LogP contribution in [0.25, 0.3) is 11.0 Å². The van der Waals surface area contributed by atoms with Gasteiger partial charge in [0.1, 0.15) is 17.0 Å². The van der Waals surface area contributed by atoms with Crippen molar-refractivity contribution < 1.29 is 24.1 Å². The van der Waals surface area contributed by atoms with Gasteiger partial charge in [-0.1, -0.05) is 44.5 Å². The highest BCUT2D eigenvalue weighted by molar-refractivity contribution is 6.30. The van der Waals surface area contributed by atoms with Crippen LogP contribution in [0.2, 0.25) is 5.02 Å². The highest BCUT2D eigenvalue weighted by Crippen LogP contribution is 2.33. The zero-order chi connectivity index (χ0) is 24.5. The summed E-state index contributed by atoms with van der Waals surface area (Å²) < 4.78 is 21.0. The molecule has 1 atom stereocenters. The molecular formula is C24H26ClFN2O5. The zero-order valence-corrected chi connectivity index (χ0v) is 19.6. The molecule has 0 aliphatic rings. The van der Waals surface area contributed by atoms with Gasteiger partial charge in [-0.25, -0.2) is 9.18 Å². The lowest BCUT2D eigenvalue weighted by Gasteiger charge is -2.32. The summed E-state index contributed by atoms with van der Waals surface area (Å²) in [6, 6.07) is 5.31. The lowest BCUT2D eigenvalue weighted by molar-refractivity contribution is 0.0522.